The molecule has 21 heavy (non-hydrogen) atoms. The van der Waals surface area contributed by atoms with Gasteiger partial charge in [0.25, 0.3) is 0 Å². The number of hydrogen-bond acceptors (Lipinski definition) is 1. The van der Waals surface area contributed by atoms with Gasteiger partial charge in [-0.25, -0.2) is 0 Å². The van der Waals surface area contributed by atoms with Crippen molar-refractivity contribution in [1.29, 1.82) is 0 Å². The Morgan fingerprint density at radius 3 is 2.62 bits per heavy atom. The number of aryl methyl sites for hydroxylation is 1. The number of likely N-dealkylation sites (tertiary alicyclic amines) is 1. The maximum atomic E-state index is 12.7. The summed E-state index contributed by atoms with van der Waals surface area (Å²) in [5, 5.41) is 1.18. The minimum Gasteiger partial charge on any atom is -0.358 e. The van der Waals surface area contributed by atoms with Crippen LogP contribution < -0.4 is 0 Å². The predicted octanol–water partition coefficient (Wildman–Crippen LogP) is 3.52. The van der Waals surface area contributed by atoms with Crippen molar-refractivity contribution in [2.24, 2.45) is 11.8 Å². The van der Waals surface area contributed by atoms with Gasteiger partial charge < -0.3 is 9.88 Å². The molecule has 0 radical (unpaired) electrons. The molecule has 0 aliphatic carbocycles. The summed E-state index contributed by atoms with van der Waals surface area (Å²) in [5.74, 6) is 1.49. The van der Waals surface area contributed by atoms with Crippen molar-refractivity contribution >= 4 is 16.8 Å². The third-order valence-electron chi connectivity index (χ3n) is 4.58. The Hall–Kier alpha value is -1.77. The van der Waals surface area contributed by atoms with Crippen LogP contribution in [0.5, 0.6) is 0 Å². The summed E-state index contributed by atoms with van der Waals surface area (Å²) < 4.78 is 0. The molecule has 2 heterocycles. The summed E-state index contributed by atoms with van der Waals surface area (Å²) in [6.07, 6.45) is 1.74. The fourth-order valence-corrected chi connectivity index (χ4v) is 3.69. The lowest BCUT2D eigenvalue weighted by Gasteiger charge is -2.35. The lowest BCUT2D eigenvalue weighted by Crippen LogP contribution is -2.43. The number of piperidine rings is 1. The van der Waals surface area contributed by atoms with Crippen LogP contribution in [0.2, 0.25) is 0 Å². The molecule has 1 amide bonds. The second-order valence-electron chi connectivity index (χ2n) is 6.70. The van der Waals surface area contributed by atoms with Crippen molar-refractivity contribution in [1.82, 2.24) is 9.88 Å². The summed E-state index contributed by atoms with van der Waals surface area (Å²) in [7, 11) is 0. The molecule has 1 aliphatic heterocycles. The average Bonchev–Trinajstić information content (AvgIpc) is 2.74. The fourth-order valence-electron chi connectivity index (χ4n) is 3.69. The van der Waals surface area contributed by atoms with Crippen molar-refractivity contribution in [3.05, 3.63) is 35.5 Å². The number of carbonyl (C=O) groups is 1. The van der Waals surface area contributed by atoms with Gasteiger partial charge >= 0.3 is 0 Å². The first-order chi connectivity index (χ1) is 10.0. The number of benzene rings is 1. The van der Waals surface area contributed by atoms with Crippen LogP contribution in [0.1, 0.15) is 31.5 Å². The van der Waals surface area contributed by atoms with E-state index in [2.05, 4.69) is 42.8 Å². The zero-order chi connectivity index (χ0) is 15.0. The minimum absolute atomic E-state index is 0.265. The van der Waals surface area contributed by atoms with Crippen LogP contribution in [0.25, 0.3) is 10.9 Å². The number of H-pyrrole nitrogens is 1. The molecule has 1 aliphatic rings. The molecular formula is C18H24N2O. The maximum Gasteiger partial charge on any atom is 0.227 e. The van der Waals surface area contributed by atoms with Gasteiger partial charge in [-0.1, -0.05) is 32.0 Å². The van der Waals surface area contributed by atoms with E-state index in [0.717, 1.165) is 29.9 Å². The number of nitrogens with zero attached hydrogens (tertiary/aromatic N) is 1. The Balaban J connectivity index is 1.81. The van der Waals surface area contributed by atoms with Crippen LogP contribution in [0.4, 0.5) is 0 Å². The smallest absolute Gasteiger partial charge is 0.227 e. The molecule has 1 fully saturated rings. The molecule has 1 aromatic carbocycles. The zero-order valence-electron chi connectivity index (χ0n) is 13.1. The Bertz CT molecular complexity index is 648. The van der Waals surface area contributed by atoms with Gasteiger partial charge in [0.05, 0.1) is 6.42 Å². The van der Waals surface area contributed by atoms with E-state index >= 15 is 0 Å². The highest BCUT2D eigenvalue weighted by atomic mass is 16.2. The van der Waals surface area contributed by atoms with E-state index in [1.165, 1.54) is 11.8 Å². The van der Waals surface area contributed by atoms with Crippen molar-refractivity contribution in [2.45, 2.75) is 33.6 Å². The summed E-state index contributed by atoms with van der Waals surface area (Å²) in [4.78, 5) is 18.1. The van der Waals surface area contributed by atoms with Crippen LogP contribution in [0.3, 0.4) is 0 Å². The van der Waals surface area contributed by atoms with Crippen LogP contribution in [0.15, 0.2) is 24.3 Å². The quantitative estimate of drug-likeness (QED) is 0.900. The Morgan fingerprint density at radius 2 is 1.90 bits per heavy atom. The van der Waals surface area contributed by atoms with E-state index in [9.17, 15) is 4.79 Å². The molecule has 3 heteroatoms. The molecule has 0 spiro atoms. The van der Waals surface area contributed by atoms with E-state index in [4.69, 9.17) is 0 Å². The largest absolute Gasteiger partial charge is 0.358 e. The molecule has 2 atom stereocenters. The number of nitrogens with one attached hydrogen (secondary N) is 1. The van der Waals surface area contributed by atoms with Crippen molar-refractivity contribution in [3.8, 4) is 0 Å². The number of rotatable bonds is 2. The molecule has 1 N–H and O–H groups in total. The van der Waals surface area contributed by atoms with Crippen LogP contribution in [-0.4, -0.2) is 28.9 Å². The topological polar surface area (TPSA) is 36.1 Å². The lowest BCUT2D eigenvalue weighted by molar-refractivity contribution is -0.133. The molecule has 1 aromatic heterocycles. The monoisotopic (exact) mass is 284 g/mol. The number of aromatic nitrogens is 1. The van der Waals surface area contributed by atoms with Gasteiger partial charge in [-0.2, -0.15) is 0 Å². The zero-order valence-corrected chi connectivity index (χ0v) is 13.1. The summed E-state index contributed by atoms with van der Waals surface area (Å²) in [6.45, 7) is 8.36. The van der Waals surface area contributed by atoms with Gasteiger partial charge in [0, 0.05) is 29.7 Å². The van der Waals surface area contributed by atoms with E-state index in [1.807, 2.05) is 12.1 Å². The highest BCUT2D eigenvalue weighted by Gasteiger charge is 2.26. The van der Waals surface area contributed by atoms with E-state index in [0.29, 0.717) is 18.3 Å². The SMILES string of the molecule is Cc1[nH]c2ccccc2c1CC(=O)N1C[C@H](C)C[C@H](C)C1. The highest BCUT2D eigenvalue weighted by molar-refractivity contribution is 5.90. The average molecular weight is 284 g/mol. The Kier molecular flexibility index (Phi) is 3.75. The molecule has 112 valence electrons. The van der Waals surface area contributed by atoms with Gasteiger partial charge in [0.1, 0.15) is 0 Å². The first-order valence-corrected chi connectivity index (χ1v) is 7.88. The number of amides is 1. The second-order valence-corrected chi connectivity index (χ2v) is 6.70. The van der Waals surface area contributed by atoms with Crippen molar-refractivity contribution in [2.75, 3.05) is 13.1 Å². The summed E-state index contributed by atoms with van der Waals surface area (Å²) in [6, 6.07) is 8.23. The van der Waals surface area contributed by atoms with Gasteiger partial charge in [-0.3, -0.25) is 4.79 Å². The Morgan fingerprint density at radius 1 is 1.24 bits per heavy atom. The molecule has 1 saturated heterocycles. The highest BCUT2D eigenvalue weighted by Crippen LogP contribution is 2.25. The van der Waals surface area contributed by atoms with Crippen LogP contribution in [0, 0.1) is 18.8 Å². The van der Waals surface area contributed by atoms with E-state index in [-0.39, 0.29) is 5.91 Å². The normalized spacial score (nSPS) is 22.7. The van der Waals surface area contributed by atoms with Gasteiger partial charge in [0.2, 0.25) is 5.91 Å². The number of fused-ring (bicyclic) bond motifs is 1. The van der Waals surface area contributed by atoms with Gasteiger partial charge in [-0.15, -0.1) is 0 Å². The first-order valence-electron chi connectivity index (χ1n) is 7.88. The van der Waals surface area contributed by atoms with E-state index in [1.54, 1.807) is 0 Å². The third kappa shape index (κ3) is 2.82. The molecule has 2 aromatic rings. The van der Waals surface area contributed by atoms with Crippen molar-refractivity contribution < 1.29 is 4.79 Å². The minimum atomic E-state index is 0.265. The summed E-state index contributed by atoms with van der Waals surface area (Å²) in [5.41, 5.74) is 3.39. The fraction of sp³-hybridized carbons (Fsp3) is 0.500. The summed E-state index contributed by atoms with van der Waals surface area (Å²) >= 11 is 0. The van der Waals surface area contributed by atoms with Crippen molar-refractivity contribution in [3.63, 3.8) is 0 Å². The molecule has 3 rings (SSSR count). The van der Waals surface area contributed by atoms with Gasteiger partial charge in [0.15, 0.2) is 0 Å². The number of aromatic amines is 1. The Labute approximate surface area is 126 Å². The molecule has 0 saturated carbocycles. The molecular weight excluding hydrogens is 260 g/mol. The third-order valence-corrected chi connectivity index (χ3v) is 4.58. The first kappa shape index (κ1) is 14.2. The number of hydrogen-bond donors (Lipinski definition) is 1. The van der Waals surface area contributed by atoms with E-state index < -0.39 is 0 Å². The molecule has 3 nitrogen and oxygen atoms in total. The standard InChI is InChI=1S/C18H24N2O/c1-12-8-13(2)11-20(10-12)18(21)9-16-14(3)19-17-7-5-4-6-15(16)17/h4-7,12-13,19H,8-11H2,1-3H3/t12-,13+. The molecule has 0 bridgehead atoms. The maximum absolute atomic E-state index is 12.7. The second kappa shape index (κ2) is 5.55. The number of para-hydroxylation sites is 1. The predicted molar refractivity (Wildman–Crippen MR) is 86.3 cm³/mol. The lowest BCUT2D eigenvalue weighted by atomic mass is 9.91. The van der Waals surface area contributed by atoms with Crippen LogP contribution >= 0.6 is 0 Å². The van der Waals surface area contributed by atoms with Crippen LogP contribution in [-0.2, 0) is 11.2 Å². The van der Waals surface area contributed by atoms with Gasteiger partial charge in [-0.05, 0) is 36.8 Å². The molecule has 0 unspecified atom stereocenters. The number of carbonyl (C=O) groups excluding carboxylic acids is 1.